The van der Waals surface area contributed by atoms with Gasteiger partial charge in [-0.1, -0.05) is 72.8 Å². The van der Waals surface area contributed by atoms with Crippen molar-refractivity contribution in [3.8, 4) is 5.75 Å². The largest absolute Gasteiger partial charge is 0.491 e. The fraction of sp³-hybridized carbons (Fsp3) is 0.297. The molecule has 4 aromatic carbocycles. The predicted molar refractivity (Wildman–Crippen MR) is 185 cm³/mol. The Kier molecular flexibility index (Phi) is 13.0. The van der Waals surface area contributed by atoms with Crippen LogP contribution in [0.5, 0.6) is 5.75 Å². The van der Waals surface area contributed by atoms with Crippen molar-refractivity contribution in [3.05, 3.63) is 126 Å². The van der Waals surface area contributed by atoms with E-state index in [1.807, 2.05) is 86.6 Å². The molecule has 0 aromatic heterocycles. The molecule has 9 nitrogen and oxygen atoms in total. The Morgan fingerprint density at radius 1 is 0.717 bits per heavy atom. The standard InChI is InChI=1S/C37H45N5O4/c1-3-39-35(44)41-31-19-15-29(16-20-31)37(25-28-11-7-5-8-12-28,30-17-21-32(22-18-30)42-36(45)40-4-2)23-24-38-26-33(43)27-46-34-13-9-6-10-14-34/h5-22,33,38,43H,3-4,23-27H2,1-2H3,(H2,39,41,44)(H2,40,42,45)/t33-/m0/s1. The number of nitrogens with one attached hydrogen (secondary N) is 5. The highest BCUT2D eigenvalue weighted by Gasteiger charge is 2.34. The summed E-state index contributed by atoms with van der Waals surface area (Å²) in [5, 5.41) is 25.4. The normalized spacial score (nSPS) is 11.7. The lowest BCUT2D eigenvalue weighted by molar-refractivity contribution is 0.106. The van der Waals surface area contributed by atoms with Gasteiger partial charge in [0.2, 0.25) is 0 Å². The Labute approximate surface area is 271 Å². The average molecular weight is 624 g/mol. The van der Waals surface area contributed by atoms with Crippen LogP contribution >= 0.6 is 0 Å². The first kappa shape index (κ1) is 34.0. The predicted octanol–water partition coefficient (Wildman–Crippen LogP) is 5.92. The van der Waals surface area contributed by atoms with E-state index >= 15 is 0 Å². The summed E-state index contributed by atoms with van der Waals surface area (Å²) in [5.74, 6) is 0.721. The Bertz CT molecular complexity index is 1420. The van der Waals surface area contributed by atoms with Crippen LogP contribution in [-0.2, 0) is 11.8 Å². The Morgan fingerprint density at radius 3 is 1.72 bits per heavy atom. The topological polar surface area (TPSA) is 124 Å². The lowest BCUT2D eigenvalue weighted by atomic mass is 9.68. The number of ether oxygens (including phenoxy) is 1. The molecule has 0 aliphatic heterocycles. The van der Waals surface area contributed by atoms with Crippen LogP contribution in [0.25, 0.3) is 0 Å². The number of para-hydroxylation sites is 1. The first-order chi connectivity index (χ1) is 22.4. The monoisotopic (exact) mass is 623 g/mol. The molecule has 46 heavy (non-hydrogen) atoms. The minimum Gasteiger partial charge on any atom is -0.491 e. The summed E-state index contributed by atoms with van der Waals surface area (Å²) >= 11 is 0. The van der Waals surface area contributed by atoms with E-state index in [9.17, 15) is 14.7 Å². The quantitative estimate of drug-likeness (QED) is 0.0866. The van der Waals surface area contributed by atoms with Crippen LogP contribution < -0.4 is 31.3 Å². The number of hydrogen-bond donors (Lipinski definition) is 6. The fourth-order valence-corrected chi connectivity index (χ4v) is 5.45. The number of carbonyl (C=O) groups excluding carboxylic acids is 2. The lowest BCUT2D eigenvalue weighted by Gasteiger charge is -2.36. The second-order valence-corrected chi connectivity index (χ2v) is 11.1. The molecular weight excluding hydrogens is 578 g/mol. The van der Waals surface area contributed by atoms with Crippen LogP contribution in [0.2, 0.25) is 0 Å². The molecule has 0 fully saturated rings. The lowest BCUT2D eigenvalue weighted by Crippen LogP contribution is -2.38. The van der Waals surface area contributed by atoms with E-state index in [0.29, 0.717) is 50.4 Å². The third kappa shape index (κ3) is 10.1. The van der Waals surface area contributed by atoms with Gasteiger partial charge in [0.15, 0.2) is 0 Å². The average Bonchev–Trinajstić information content (AvgIpc) is 3.07. The zero-order valence-electron chi connectivity index (χ0n) is 26.6. The Morgan fingerprint density at radius 2 is 1.22 bits per heavy atom. The molecule has 0 spiro atoms. The summed E-state index contributed by atoms with van der Waals surface area (Å²) in [4.78, 5) is 24.3. The van der Waals surface area contributed by atoms with Gasteiger partial charge in [-0.05, 0) is 86.3 Å². The summed E-state index contributed by atoms with van der Waals surface area (Å²) < 4.78 is 5.73. The van der Waals surface area contributed by atoms with Crippen molar-refractivity contribution in [1.82, 2.24) is 16.0 Å². The highest BCUT2D eigenvalue weighted by atomic mass is 16.5. The van der Waals surface area contributed by atoms with Gasteiger partial charge in [0.05, 0.1) is 0 Å². The summed E-state index contributed by atoms with van der Waals surface area (Å²) in [6.07, 6.45) is 0.741. The molecule has 0 bridgehead atoms. The molecule has 242 valence electrons. The second-order valence-electron chi connectivity index (χ2n) is 11.1. The molecular formula is C37H45N5O4. The van der Waals surface area contributed by atoms with E-state index in [1.54, 1.807) is 0 Å². The Balaban J connectivity index is 1.60. The molecule has 1 atom stereocenters. The van der Waals surface area contributed by atoms with Crippen LogP contribution in [0.4, 0.5) is 21.0 Å². The van der Waals surface area contributed by atoms with E-state index in [0.717, 1.165) is 16.9 Å². The van der Waals surface area contributed by atoms with Crippen LogP contribution in [0, 0.1) is 0 Å². The molecule has 0 radical (unpaired) electrons. The maximum atomic E-state index is 12.2. The van der Waals surface area contributed by atoms with Crippen LogP contribution in [0.15, 0.2) is 109 Å². The van der Waals surface area contributed by atoms with Crippen molar-refractivity contribution in [2.24, 2.45) is 0 Å². The zero-order valence-corrected chi connectivity index (χ0v) is 26.6. The third-order valence-corrected chi connectivity index (χ3v) is 7.71. The molecule has 0 saturated carbocycles. The van der Waals surface area contributed by atoms with E-state index in [2.05, 4.69) is 63.0 Å². The number of aliphatic hydroxyl groups is 1. The molecule has 0 heterocycles. The number of urea groups is 2. The first-order valence-corrected chi connectivity index (χ1v) is 15.8. The number of amides is 4. The van der Waals surface area contributed by atoms with Gasteiger partial charge in [0, 0.05) is 36.4 Å². The molecule has 4 rings (SSSR count). The zero-order chi connectivity index (χ0) is 32.6. The van der Waals surface area contributed by atoms with Gasteiger partial charge in [-0.25, -0.2) is 9.59 Å². The number of rotatable bonds is 16. The van der Waals surface area contributed by atoms with Gasteiger partial charge < -0.3 is 36.4 Å². The van der Waals surface area contributed by atoms with Crippen LogP contribution in [0.3, 0.4) is 0 Å². The summed E-state index contributed by atoms with van der Waals surface area (Å²) in [7, 11) is 0. The van der Waals surface area contributed by atoms with Crippen LogP contribution in [-0.4, -0.2) is 56.1 Å². The number of aliphatic hydroxyl groups excluding tert-OH is 1. The number of benzene rings is 4. The third-order valence-electron chi connectivity index (χ3n) is 7.71. The number of carbonyl (C=O) groups is 2. The van der Waals surface area contributed by atoms with E-state index in [4.69, 9.17) is 4.74 Å². The number of hydrogen-bond acceptors (Lipinski definition) is 5. The second kappa shape index (κ2) is 17.6. The van der Waals surface area contributed by atoms with Crippen LogP contribution in [0.1, 0.15) is 37.0 Å². The van der Waals surface area contributed by atoms with Crippen molar-refractivity contribution in [2.75, 3.05) is 43.4 Å². The molecule has 0 aliphatic carbocycles. The number of anilines is 2. The Hall–Kier alpha value is -4.86. The van der Waals surface area contributed by atoms with Crippen molar-refractivity contribution in [3.63, 3.8) is 0 Å². The highest BCUT2D eigenvalue weighted by molar-refractivity contribution is 5.89. The van der Waals surface area contributed by atoms with Crippen molar-refractivity contribution < 1.29 is 19.4 Å². The van der Waals surface area contributed by atoms with Gasteiger partial charge >= 0.3 is 12.1 Å². The van der Waals surface area contributed by atoms with Gasteiger partial charge in [-0.15, -0.1) is 0 Å². The fourth-order valence-electron chi connectivity index (χ4n) is 5.45. The SMILES string of the molecule is CCNC(=O)Nc1ccc(C(CCNC[C@H](O)COc2ccccc2)(Cc2ccccc2)c2ccc(NC(=O)NCC)cc2)cc1. The molecule has 4 aromatic rings. The molecule has 6 N–H and O–H groups in total. The molecule has 4 amide bonds. The van der Waals surface area contributed by atoms with E-state index in [1.165, 1.54) is 5.56 Å². The summed E-state index contributed by atoms with van der Waals surface area (Å²) in [6, 6.07) is 35.3. The molecule has 9 heteroatoms. The highest BCUT2D eigenvalue weighted by Crippen LogP contribution is 2.40. The maximum Gasteiger partial charge on any atom is 0.319 e. The van der Waals surface area contributed by atoms with Gasteiger partial charge in [0.25, 0.3) is 0 Å². The van der Waals surface area contributed by atoms with Gasteiger partial charge in [-0.3, -0.25) is 0 Å². The van der Waals surface area contributed by atoms with Crippen molar-refractivity contribution >= 4 is 23.4 Å². The smallest absolute Gasteiger partial charge is 0.319 e. The summed E-state index contributed by atoms with van der Waals surface area (Å²) in [5.41, 5.74) is 4.25. The van der Waals surface area contributed by atoms with E-state index in [-0.39, 0.29) is 18.7 Å². The first-order valence-electron chi connectivity index (χ1n) is 15.8. The minimum absolute atomic E-state index is 0.187. The minimum atomic E-state index is -0.678. The van der Waals surface area contributed by atoms with Crippen molar-refractivity contribution in [1.29, 1.82) is 0 Å². The molecule has 0 aliphatic rings. The molecule has 0 saturated heterocycles. The van der Waals surface area contributed by atoms with Gasteiger partial charge in [-0.2, -0.15) is 0 Å². The van der Waals surface area contributed by atoms with Gasteiger partial charge in [0.1, 0.15) is 18.5 Å². The molecule has 0 unspecified atom stereocenters. The maximum absolute atomic E-state index is 12.2. The summed E-state index contributed by atoms with van der Waals surface area (Å²) in [6.45, 7) is 6.00. The van der Waals surface area contributed by atoms with E-state index < -0.39 is 11.5 Å². The van der Waals surface area contributed by atoms with Crippen molar-refractivity contribution in [2.45, 2.75) is 38.2 Å².